The summed E-state index contributed by atoms with van der Waals surface area (Å²) in [5, 5.41) is 8.28. The Morgan fingerprint density at radius 3 is 2.70 bits per heavy atom. The van der Waals surface area contributed by atoms with Crippen molar-refractivity contribution in [2.45, 2.75) is 52.7 Å². The van der Waals surface area contributed by atoms with E-state index in [9.17, 15) is 4.79 Å². The largest absolute Gasteiger partial charge is 0.497 e. The molecule has 0 radical (unpaired) electrons. The summed E-state index contributed by atoms with van der Waals surface area (Å²) in [4.78, 5) is 20.6. The van der Waals surface area contributed by atoms with E-state index >= 15 is 0 Å². The molecule has 196 valence electrons. The number of fused-ring (bicyclic) bond motifs is 6. The molecular weight excluding hydrogens is 468 g/mol. The van der Waals surface area contributed by atoms with Gasteiger partial charge >= 0.3 is 0 Å². The average Bonchev–Trinajstić information content (AvgIpc) is 3.54. The van der Waals surface area contributed by atoms with E-state index in [2.05, 4.69) is 36.3 Å². The molecule has 3 unspecified atom stereocenters. The lowest BCUT2D eigenvalue weighted by atomic mass is 9.76. The minimum absolute atomic E-state index is 0.0755. The van der Waals surface area contributed by atoms with Crippen molar-refractivity contribution in [2.24, 2.45) is 17.8 Å². The Balaban J connectivity index is 0.00000123. The number of carbonyl (C=O) groups is 1. The number of hydrogen-bond donors (Lipinski definition) is 2. The Bertz CT molecular complexity index is 1280. The van der Waals surface area contributed by atoms with Gasteiger partial charge in [0.1, 0.15) is 0 Å². The van der Waals surface area contributed by atoms with E-state index in [1.54, 1.807) is 0 Å². The Labute approximate surface area is 218 Å². The normalized spacial score (nSPS) is 26.1. The molecular formula is C29H36N4O4. The van der Waals surface area contributed by atoms with Crippen LogP contribution in [0.25, 0.3) is 16.6 Å². The molecule has 2 saturated heterocycles. The van der Waals surface area contributed by atoms with Crippen molar-refractivity contribution < 1.29 is 19.0 Å². The second-order valence-corrected chi connectivity index (χ2v) is 10.3. The van der Waals surface area contributed by atoms with E-state index in [-0.39, 0.29) is 30.5 Å². The molecule has 5 aliphatic rings. The van der Waals surface area contributed by atoms with Crippen molar-refractivity contribution in [1.82, 2.24) is 20.5 Å². The quantitative estimate of drug-likeness (QED) is 0.655. The number of carbonyl (C=O) groups excluding carboxylic acids is 1. The third-order valence-electron chi connectivity index (χ3n) is 8.39. The van der Waals surface area contributed by atoms with Crippen molar-refractivity contribution in [3.05, 3.63) is 47.4 Å². The maximum atomic E-state index is 13.6. The fourth-order valence-electron chi connectivity index (χ4n) is 6.23. The third kappa shape index (κ3) is 3.97. The summed E-state index contributed by atoms with van der Waals surface area (Å²) in [6.07, 6.45) is 4.46. The molecule has 8 nitrogen and oxygen atoms in total. The molecule has 3 atom stereocenters. The molecule has 37 heavy (non-hydrogen) atoms. The molecule has 0 aliphatic carbocycles. The van der Waals surface area contributed by atoms with Gasteiger partial charge in [-0.2, -0.15) is 0 Å². The van der Waals surface area contributed by atoms with Crippen LogP contribution in [0.2, 0.25) is 0 Å². The van der Waals surface area contributed by atoms with Crippen molar-refractivity contribution in [3.63, 3.8) is 0 Å². The molecule has 8 heteroatoms. The van der Waals surface area contributed by atoms with Crippen LogP contribution < -0.4 is 20.1 Å². The molecule has 1 amide bonds. The number of ether oxygens (including phenoxy) is 3. The Morgan fingerprint density at radius 2 is 1.92 bits per heavy atom. The zero-order chi connectivity index (χ0) is 25.7. The number of hydrogen-bond acceptors (Lipinski definition) is 7. The molecule has 0 saturated carbocycles. The van der Waals surface area contributed by atoms with Crippen molar-refractivity contribution >= 4 is 22.5 Å². The number of allylic oxidation sites excluding steroid dienone is 2. The second kappa shape index (κ2) is 9.65. The monoisotopic (exact) mass is 504 g/mol. The van der Waals surface area contributed by atoms with Crippen LogP contribution in [0.15, 0.2) is 30.5 Å². The number of amides is 1. The van der Waals surface area contributed by atoms with Gasteiger partial charge in [-0.15, -0.1) is 0 Å². The summed E-state index contributed by atoms with van der Waals surface area (Å²) < 4.78 is 17.1. The number of nitrogens with zero attached hydrogens (tertiary/aromatic N) is 2. The van der Waals surface area contributed by atoms with Gasteiger partial charge in [-0.05, 0) is 37.6 Å². The fourth-order valence-corrected chi connectivity index (χ4v) is 6.23. The van der Waals surface area contributed by atoms with Crippen LogP contribution in [0.4, 0.5) is 0 Å². The number of pyridine rings is 1. The van der Waals surface area contributed by atoms with Gasteiger partial charge in [0.05, 0.1) is 41.7 Å². The minimum atomic E-state index is -0.176. The Hall–Kier alpha value is -3.10. The second-order valence-electron chi connectivity index (χ2n) is 10.3. The molecule has 7 rings (SSSR count). The van der Waals surface area contributed by atoms with Crippen molar-refractivity contribution in [3.8, 4) is 11.5 Å². The number of piperidine rings is 1. The van der Waals surface area contributed by atoms with Gasteiger partial charge in [-0.1, -0.05) is 33.4 Å². The van der Waals surface area contributed by atoms with Crippen molar-refractivity contribution in [1.29, 1.82) is 0 Å². The smallest absolute Gasteiger partial charge is 0.234 e. The highest BCUT2D eigenvalue weighted by Gasteiger charge is 2.47. The average molecular weight is 505 g/mol. The topological polar surface area (TPSA) is 85.0 Å². The highest BCUT2D eigenvalue weighted by molar-refractivity contribution is 5.97. The van der Waals surface area contributed by atoms with E-state index in [1.807, 2.05) is 24.8 Å². The van der Waals surface area contributed by atoms with Gasteiger partial charge in [0.15, 0.2) is 11.5 Å². The lowest BCUT2D eigenvalue weighted by molar-refractivity contribution is -0.139. The predicted molar refractivity (Wildman–Crippen MR) is 142 cm³/mol. The van der Waals surface area contributed by atoms with Crippen LogP contribution in [-0.2, 0) is 22.6 Å². The molecule has 1 aromatic carbocycles. The summed E-state index contributed by atoms with van der Waals surface area (Å²) in [5.74, 6) is 2.35. The SMILES string of the molecule is C=C1OCC2C(=O)N3Cc4c(nc5cc6c(cc5c4CNC4CCNCC4)OCO6)C3=CC2C1C.CC. The summed E-state index contributed by atoms with van der Waals surface area (Å²) in [7, 11) is 0. The molecule has 0 bridgehead atoms. The van der Waals surface area contributed by atoms with Gasteiger partial charge in [0.25, 0.3) is 0 Å². The van der Waals surface area contributed by atoms with Gasteiger partial charge in [-0.25, -0.2) is 4.98 Å². The molecule has 2 aromatic rings. The molecule has 0 spiro atoms. The molecule has 6 heterocycles. The lowest BCUT2D eigenvalue weighted by Gasteiger charge is -2.40. The maximum Gasteiger partial charge on any atom is 0.234 e. The molecule has 2 fully saturated rings. The predicted octanol–water partition coefficient (Wildman–Crippen LogP) is 3.94. The summed E-state index contributed by atoms with van der Waals surface area (Å²) in [6.45, 7) is 14.1. The Morgan fingerprint density at radius 1 is 1.16 bits per heavy atom. The van der Waals surface area contributed by atoms with Gasteiger partial charge in [0, 0.05) is 41.4 Å². The standard InChI is InChI=1S/C27H30N4O4.C2H6/c1-14-15(2)33-12-21-17(14)7-23-26-20(11-31(23)27(21)32)19(10-29-16-3-5-28-6-4-16)18-8-24-25(35-13-34-24)9-22(18)30-26;1-2/h7-9,14,16-17,21,28-29H,2-6,10-13H2,1H3;1-2H3. The zero-order valence-corrected chi connectivity index (χ0v) is 21.9. The van der Waals surface area contributed by atoms with Crippen LogP contribution in [0.5, 0.6) is 11.5 Å². The maximum absolute atomic E-state index is 13.6. The number of nitrogens with one attached hydrogen (secondary N) is 2. The van der Waals surface area contributed by atoms with Crippen molar-refractivity contribution in [2.75, 3.05) is 26.5 Å². The van der Waals surface area contributed by atoms with E-state index in [0.717, 1.165) is 77.6 Å². The van der Waals surface area contributed by atoms with E-state index < -0.39 is 0 Å². The summed E-state index contributed by atoms with van der Waals surface area (Å²) >= 11 is 0. The highest BCUT2D eigenvalue weighted by Crippen LogP contribution is 2.47. The van der Waals surface area contributed by atoms with Gasteiger partial charge < -0.3 is 29.7 Å². The lowest BCUT2D eigenvalue weighted by Crippen LogP contribution is -2.46. The zero-order valence-electron chi connectivity index (χ0n) is 21.9. The molecule has 1 aromatic heterocycles. The molecule has 2 N–H and O–H groups in total. The number of aromatic nitrogens is 1. The summed E-state index contributed by atoms with van der Waals surface area (Å²) in [6, 6.07) is 4.50. The fraction of sp³-hybridized carbons (Fsp3) is 0.517. The minimum Gasteiger partial charge on any atom is -0.497 e. The summed E-state index contributed by atoms with van der Waals surface area (Å²) in [5.41, 5.74) is 5.03. The van der Waals surface area contributed by atoms with Gasteiger partial charge in [0.2, 0.25) is 12.7 Å². The third-order valence-corrected chi connectivity index (χ3v) is 8.39. The highest BCUT2D eigenvalue weighted by atomic mass is 16.7. The van der Waals surface area contributed by atoms with Crippen LogP contribution in [0.3, 0.4) is 0 Å². The number of benzene rings is 1. The van der Waals surface area contributed by atoms with Crippen LogP contribution in [0.1, 0.15) is 50.4 Å². The molecule has 5 aliphatic heterocycles. The van der Waals surface area contributed by atoms with Crippen LogP contribution in [0, 0.1) is 17.8 Å². The number of rotatable bonds is 3. The van der Waals surface area contributed by atoms with Gasteiger partial charge in [-0.3, -0.25) is 4.79 Å². The first-order chi connectivity index (χ1) is 18.1. The van der Waals surface area contributed by atoms with Crippen LogP contribution in [-0.4, -0.2) is 48.3 Å². The first-order valence-electron chi connectivity index (χ1n) is 13.6. The Kier molecular flexibility index (Phi) is 6.32. The van der Waals surface area contributed by atoms with E-state index in [4.69, 9.17) is 19.2 Å². The first-order valence-corrected chi connectivity index (χ1v) is 13.6. The van der Waals surface area contributed by atoms with E-state index in [0.29, 0.717) is 19.2 Å². The van der Waals surface area contributed by atoms with Crippen LogP contribution >= 0.6 is 0 Å². The van der Waals surface area contributed by atoms with E-state index in [1.165, 1.54) is 5.56 Å². The first kappa shape index (κ1) is 24.2.